The summed E-state index contributed by atoms with van der Waals surface area (Å²) in [6, 6.07) is 7.11. The van der Waals surface area contributed by atoms with Crippen LogP contribution in [0.4, 0.5) is 0 Å². The highest BCUT2D eigenvalue weighted by molar-refractivity contribution is 5.93. The van der Waals surface area contributed by atoms with Crippen molar-refractivity contribution in [3.05, 3.63) is 42.0 Å². The van der Waals surface area contributed by atoms with Gasteiger partial charge in [0.05, 0.1) is 6.61 Å². The van der Waals surface area contributed by atoms with E-state index in [2.05, 4.69) is 12.1 Å². The van der Waals surface area contributed by atoms with Crippen molar-refractivity contribution in [1.82, 2.24) is 5.48 Å². The quantitative estimate of drug-likeness (QED) is 0.739. The van der Waals surface area contributed by atoms with Gasteiger partial charge in [0, 0.05) is 5.56 Å². The normalized spacial score (nSPS) is 9.50. The first-order chi connectivity index (χ1) is 6.77. The van der Waals surface area contributed by atoms with E-state index in [1.165, 1.54) is 0 Å². The summed E-state index contributed by atoms with van der Waals surface area (Å²) in [5.74, 6) is -0.234. The second-order valence-electron chi connectivity index (χ2n) is 2.69. The molecule has 1 amide bonds. The topological polar surface area (TPSA) is 38.3 Å². The van der Waals surface area contributed by atoms with E-state index in [1.54, 1.807) is 25.1 Å². The Morgan fingerprint density at radius 2 is 2.14 bits per heavy atom. The lowest BCUT2D eigenvalue weighted by molar-refractivity contribution is 0.0364. The van der Waals surface area contributed by atoms with Gasteiger partial charge in [-0.3, -0.25) is 9.63 Å². The van der Waals surface area contributed by atoms with Gasteiger partial charge in [-0.25, -0.2) is 5.48 Å². The van der Waals surface area contributed by atoms with Crippen molar-refractivity contribution in [2.45, 2.75) is 6.92 Å². The number of carbonyl (C=O) groups is 1. The Hall–Kier alpha value is -1.61. The second kappa shape index (κ2) is 5.19. The molecule has 0 saturated carbocycles. The second-order valence-corrected chi connectivity index (χ2v) is 2.69. The van der Waals surface area contributed by atoms with Crippen LogP contribution in [-0.4, -0.2) is 12.5 Å². The van der Waals surface area contributed by atoms with E-state index >= 15 is 0 Å². The van der Waals surface area contributed by atoms with Crippen molar-refractivity contribution in [3.63, 3.8) is 0 Å². The smallest absolute Gasteiger partial charge is 0.274 e. The molecule has 0 bridgehead atoms. The molecule has 3 heteroatoms. The van der Waals surface area contributed by atoms with Gasteiger partial charge < -0.3 is 0 Å². The lowest BCUT2D eigenvalue weighted by atomic mass is 10.1. The molecule has 1 rings (SSSR count). The molecule has 0 aliphatic heterocycles. The summed E-state index contributed by atoms with van der Waals surface area (Å²) in [7, 11) is 0. The minimum absolute atomic E-state index is 0.234. The summed E-state index contributed by atoms with van der Waals surface area (Å²) >= 11 is 0. The molecule has 14 heavy (non-hydrogen) atoms. The summed E-state index contributed by atoms with van der Waals surface area (Å²) in [6.07, 6.45) is 1.73. The SMILES string of the molecule is C=Cc1ccc(C(=O)NOCC)cc1. The van der Waals surface area contributed by atoms with Crippen molar-refractivity contribution in [3.8, 4) is 0 Å². The fourth-order valence-corrected chi connectivity index (χ4v) is 0.967. The highest BCUT2D eigenvalue weighted by Crippen LogP contribution is 2.05. The highest BCUT2D eigenvalue weighted by Gasteiger charge is 2.03. The molecule has 1 N–H and O–H groups in total. The molecule has 0 radical (unpaired) electrons. The Morgan fingerprint density at radius 1 is 1.50 bits per heavy atom. The van der Waals surface area contributed by atoms with Crippen LogP contribution in [0.2, 0.25) is 0 Å². The first kappa shape index (κ1) is 10.5. The molecule has 0 atom stereocenters. The van der Waals surface area contributed by atoms with E-state index in [0.29, 0.717) is 12.2 Å². The van der Waals surface area contributed by atoms with Gasteiger partial charge in [-0.05, 0) is 24.6 Å². The lowest BCUT2D eigenvalue weighted by Crippen LogP contribution is -2.23. The van der Waals surface area contributed by atoms with Gasteiger partial charge in [0.15, 0.2) is 0 Å². The van der Waals surface area contributed by atoms with Crippen LogP contribution in [0.5, 0.6) is 0 Å². The highest BCUT2D eigenvalue weighted by atomic mass is 16.6. The van der Waals surface area contributed by atoms with Gasteiger partial charge >= 0.3 is 0 Å². The van der Waals surface area contributed by atoms with E-state index < -0.39 is 0 Å². The molecule has 0 spiro atoms. The minimum Gasteiger partial charge on any atom is -0.274 e. The molecular weight excluding hydrogens is 178 g/mol. The fraction of sp³-hybridized carbons (Fsp3) is 0.182. The molecule has 0 saturated heterocycles. The number of hydrogen-bond donors (Lipinski definition) is 1. The molecule has 0 fully saturated rings. The summed E-state index contributed by atoms with van der Waals surface area (Å²) in [5.41, 5.74) is 3.88. The summed E-state index contributed by atoms with van der Waals surface area (Å²) in [6.45, 7) is 5.89. The number of hydrogen-bond acceptors (Lipinski definition) is 2. The number of carbonyl (C=O) groups excluding carboxylic acids is 1. The van der Waals surface area contributed by atoms with E-state index in [9.17, 15) is 4.79 Å². The average molecular weight is 191 g/mol. The number of benzene rings is 1. The van der Waals surface area contributed by atoms with Crippen LogP contribution < -0.4 is 5.48 Å². The molecule has 0 aliphatic rings. The number of hydroxylamine groups is 1. The van der Waals surface area contributed by atoms with Crippen molar-refractivity contribution in [1.29, 1.82) is 0 Å². The van der Waals surface area contributed by atoms with Crippen molar-refractivity contribution in [2.24, 2.45) is 0 Å². The third-order valence-corrected chi connectivity index (χ3v) is 1.72. The summed E-state index contributed by atoms with van der Waals surface area (Å²) in [5, 5.41) is 0. The van der Waals surface area contributed by atoms with Crippen molar-refractivity contribution < 1.29 is 9.63 Å². The van der Waals surface area contributed by atoms with Gasteiger partial charge in [0.25, 0.3) is 5.91 Å². The van der Waals surface area contributed by atoms with Crippen LogP contribution >= 0.6 is 0 Å². The monoisotopic (exact) mass is 191 g/mol. The predicted octanol–water partition coefficient (Wildman–Crippen LogP) is 2.01. The van der Waals surface area contributed by atoms with E-state index in [4.69, 9.17) is 4.84 Å². The number of amides is 1. The predicted molar refractivity (Wildman–Crippen MR) is 55.6 cm³/mol. The van der Waals surface area contributed by atoms with Gasteiger partial charge in [-0.2, -0.15) is 0 Å². The summed E-state index contributed by atoms with van der Waals surface area (Å²) < 4.78 is 0. The van der Waals surface area contributed by atoms with Crippen LogP contribution in [0, 0.1) is 0 Å². The zero-order valence-electron chi connectivity index (χ0n) is 8.12. The first-order valence-corrected chi connectivity index (χ1v) is 4.42. The largest absolute Gasteiger partial charge is 0.274 e. The molecule has 1 aromatic carbocycles. The summed E-state index contributed by atoms with van der Waals surface area (Å²) in [4.78, 5) is 16.1. The molecule has 3 nitrogen and oxygen atoms in total. The lowest BCUT2D eigenvalue weighted by Gasteiger charge is -2.03. The maximum absolute atomic E-state index is 11.3. The average Bonchev–Trinajstić information content (AvgIpc) is 2.26. The molecule has 0 aromatic heterocycles. The van der Waals surface area contributed by atoms with Crippen molar-refractivity contribution >= 4 is 12.0 Å². The van der Waals surface area contributed by atoms with E-state index in [0.717, 1.165) is 5.56 Å². The minimum atomic E-state index is -0.234. The Labute approximate surface area is 83.3 Å². The van der Waals surface area contributed by atoms with Crippen LogP contribution in [-0.2, 0) is 4.84 Å². The fourth-order valence-electron chi connectivity index (χ4n) is 0.967. The van der Waals surface area contributed by atoms with Crippen LogP contribution in [0.1, 0.15) is 22.8 Å². The van der Waals surface area contributed by atoms with Crippen molar-refractivity contribution in [2.75, 3.05) is 6.61 Å². The Bertz CT molecular complexity index is 317. The Kier molecular flexibility index (Phi) is 3.88. The molecule has 0 heterocycles. The molecule has 0 aliphatic carbocycles. The maximum atomic E-state index is 11.3. The first-order valence-electron chi connectivity index (χ1n) is 4.42. The maximum Gasteiger partial charge on any atom is 0.274 e. The zero-order valence-corrected chi connectivity index (χ0v) is 8.12. The number of rotatable bonds is 4. The van der Waals surface area contributed by atoms with Crippen LogP contribution in [0.25, 0.3) is 6.08 Å². The van der Waals surface area contributed by atoms with Gasteiger partial charge in [0.2, 0.25) is 0 Å². The standard InChI is InChI=1S/C11H13NO2/c1-3-9-5-7-10(8-6-9)11(13)12-14-4-2/h3,5-8H,1,4H2,2H3,(H,12,13). The number of nitrogens with one attached hydrogen (secondary N) is 1. The Balaban J connectivity index is 2.66. The van der Waals surface area contributed by atoms with Crippen LogP contribution in [0.3, 0.4) is 0 Å². The molecule has 0 unspecified atom stereocenters. The van der Waals surface area contributed by atoms with Gasteiger partial charge in [-0.15, -0.1) is 0 Å². The molecule has 74 valence electrons. The van der Waals surface area contributed by atoms with Crippen LogP contribution in [0.15, 0.2) is 30.8 Å². The Morgan fingerprint density at radius 3 is 2.64 bits per heavy atom. The van der Waals surface area contributed by atoms with Gasteiger partial charge in [0.1, 0.15) is 0 Å². The van der Waals surface area contributed by atoms with E-state index in [-0.39, 0.29) is 5.91 Å². The molecular formula is C11H13NO2. The third kappa shape index (κ3) is 2.71. The molecule has 1 aromatic rings. The van der Waals surface area contributed by atoms with Gasteiger partial charge in [-0.1, -0.05) is 24.8 Å². The zero-order chi connectivity index (χ0) is 10.4. The van der Waals surface area contributed by atoms with E-state index in [1.807, 2.05) is 12.1 Å². The third-order valence-electron chi connectivity index (χ3n) is 1.72.